The first-order valence-electron chi connectivity index (χ1n) is 8.60. The standard InChI is InChI=1S/C18H26N4O3/c1-14-7-6-8-15(11-14)22(12-16(23)20-18(25)19-2)13-17(24)21-9-4-3-5-10-21/h6-8,11H,3-5,9-10,12-13H2,1-2H3,(H2,19,20,23,25). The smallest absolute Gasteiger partial charge is 0.321 e. The third-order valence-electron chi connectivity index (χ3n) is 4.22. The van der Waals surface area contributed by atoms with Crippen molar-refractivity contribution in [2.45, 2.75) is 26.2 Å². The van der Waals surface area contributed by atoms with Gasteiger partial charge in [-0.2, -0.15) is 0 Å². The second kappa shape index (κ2) is 9.05. The van der Waals surface area contributed by atoms with Crippen molar-refractivity contribution >= 4 is 23.5 Å². The van der Waals surface area contributed by atoms with Crippen molar-refractivity contribution in [3.8, 4) is 0 Å². The maximum Gasteiger partial charge on any atom is 0.321 e. The summed E-state index contributed by atoms with van der Waals surface area (Å²) in [7, 11) is 1.45. The van der Waals surface area contributed by atoms with Crippen molar-refractivity contribution in [3.63, 3.8) is 0 Å². The van der Waals surface area contributed by atoms with Crippen molar-refractivity contribution in [1.82, 2.24) is 15.5 Å². The number of rotatable bonds is 5. The Hall–Kier alpha value is -2.57. The number of urea groups is 1. The van der Waals surface area contributed by atoms with Crippen molar-refractivity contribution in [2.75, 3.05) is 38.1 Å². The molecular weight excluding hydrogens is 320 g/mol. The Morgan fingerprint density at radius 1 is 1.12 bits per heavy atom. The fraction of sp³-hybridized carbons (Fsp3) is 0.500. The highest BCUT2D eigenvalue weighted by molar-refractivity contribution is 5.97. The number of imide groups is 1. The van der Waals surface area contributed by atoms with E-state index in [2.05, 4.69) is 10.6 Å². The zero-order valence-electron chi connectivity index (χ0n) is 14.9. The zero-order chi connectivity index (χ0) is 18.2. The molecule has 7 heteroatoms. The van der Waals surface area contributed by atoms with Crippen LogP contribution in [0, 0.1) is 6.92 Å². The molecule has 136 valence electrons. The van der Waals surface area contributed by atoms with Gasteiger partial charge in [-0.15, -0.1) is 0 Å². The minimum atomic E-state index is -0.559. The number of carbonyl (C=O) groups excluding carboxylic acids is 3. The molecule has 1 fully saturated rings. The maximum atomic E-state index is 12.6. The number of aryl methyl sites for hydroxylation is 1. The van der Waals surface area contributed by atoms with E-state index < -0.39 is 11.9 Å². The van der Waals surface area contributed by atoms with Gasteiger partial charge in [0.05, 0.1) is 13.1 Å². The summed E-state index contributed by atoms with van der Waals surface area (Å²) in [5.41, 5.74) is 1.83. The van der Waals surface area contributed by atoms with Crippen LogP contribution in [0.4, 0.5) is 10.5 Å². The van der Waals surface area contributed by atoms with Gasteiger partial charge in [0.15, 0.2) is 0 Å². The predicted molar refractivity (Wildman–Crippen MR) is 96.4 cm³/mol. The minimum absolute atomic E-state index is 0.00829. The van der Waals surface area contributed by atoms with E-state index in [-0.39, 0.29) is 19.0 Å². The summed E-state index contributed by atoms with van der Waals surface area (Å²) in [6, 6.07) is 7.08. The molecule has 1 aliphatic rings. The van der Waals surface area contributed by atoms with E-state index in [1.807, 2.05) is 36.1 Å². The molecule has 0 spiro atoms. The van der Waals surface area contributed by atoms with E-state index in [9.17, 15) is 14.4 Å². The van der Waals surface area contributed by atoms with Gasteiger partial charge in [0.1, 0.15) is 0 Å². The van der Waals surface area contributed by atoms with Gasteiger partial charge in [0.2, 0.25) is 11.8 Å². The van der Waals surface area contributed by atoms with Gasteiger partial charge in [-0.3, -0.25) is 14.9 Å². The van der Waals surface area contributed by atoms with E-state index >= 15 is 0 Å². The lowest BCUT2D eigenvalue weighted by Crippen LogP contribution is -2.47. The van der Waals surface area contributed by atoms with Gasteiger partial charge in [0.25, 0.3) is 0 Å². The van der Waals surface area contributed by atoms with Crippen LogP contribution in [0.2, 0.25) is 0 Å². The Labute approximate surface area is 148 Å². The number of benzene rings is 1. The monoisotopic (exact) mass is 346 g/mol. The average molecular weight is 346 g/mol. The Morgan fingerprint density at radius 2 is 1.84 bits per heavy atom. The zero-order valence-corrected chi connectivity index (χ0v) is 14.9. The molecule has 0 aliphatic carbocycles. The van der Waals surface area contributed by atoms with E-state index in [4.69, 9.17) is 0 Å². The lowest BCUT2D eigenvalue weighted by Gasteiger charge is -2.30. The van der Waals surface area contributed by atoms with E-state index in [0.29, 0.717) is 0 Å². The first-order chi connectivity index (χ1) is 12.0. The highest BCUT2D eigenvalue weighted by atomic mass is 16.2. The molecular formula is C18H26N4O3. The summed E-state index contributed by atoms with van der Waals surface area (Å²) < 4.78 is 0. The predicted octanol–water partition coefficient (Wildman–Crippen LogP) is 1.27. The lowest BCUT2D eigenvalue weighted by molar-refractivity contribution is -0.130. The topological polar surface area (TPSA) is 81.8 Å². The first-order valence-corrected chi connectivity index (χ1v) is 8.60. The van der Waals surface area contributed by atoms with Crippen molar-refractivity contribution in [1.29, 1.82) is 0 Å². The molecule has 0 radical (unpaired) electrons. The van der Waals surface area contributed by atoms with Crippen LogP contribution >= 0.6 is 0 Å². The van der Waals surface area contributed by atoms with Gasteiger partial charge >= 0.3 is 6.03 Å². The average Bonchev–Trinajstić information content (AvgIpc) is 2.61. The van der Waals surface area contributed by atoms with Crippen LogP contribution in [0.25, 0.3) is 0 Å². The Balaban J connectivity index is 2.09. The largest absolute Gasteiger partial charge is 0.353 e. The molecule has 0 unspecified atom stereocenters. The van der Waals surface area contributed by atoms with E-state index in [0.717, 1.165) is 43.6 Å². The molecule has 7 nitrogen and oxygen atoms in total. The molecule has 0 bridgehead atoms. The molecule has 0 atom stereocenters. The van der Waals surface area contributed by atoms with Crippen molar-refractivity contribution in [3.05, 3.63) is 29.8 Å². The van der Waals surface area contributed by atoms with E-state index in [1.165, 1.54) is 7.05 Å². The molecule has 0 saturated carbocycles. The third kappa shape index (κ3) is 5.77. The van der Waals surface area contributed by atoms with Gasteiger partial charge in [0, 0.05) is 25.8 Å². The Kier molecular flexibility index (Phi) is 6.80. The fourth-order valence-electron chi connectivity index (χ4n) is 2.87. The Bertz CT molecular complexity index is 627. The molecule has 1 aliphatic heterocycles. The third-order valence-corrected chi connectivity index (χ3v) is 4.22. The van der Waals surface area contributed by atoms with Crippen LogP contribution in [0.1, 0.15) is 24.8 Å². The number of nitrogens with one attached hydrogen (secondary N) is 2. The second-order valence-electron chi connectivity index (χ2n) is 6.26. The molecule has 2 N–H and O–H groups in total. The molecule has 2 rings (SSSR count). The van der Waals surface area contributed by atoms with Crippen LogP contribution in [-0.4, -0.2) is 56.0 Å². The van der Waals surface area contributed by atoms with Crippen LogP contribution < -0.4 is 15.5 Å². The summed E-state index contributed by atoms with van der Waals surface area (Å²) >= 11 is 0. The van der Waals surface area contributed by atoms with Crippen LogP contribution in [0.5, 0.6) is 0 Å². The lowest BCUT2D eigenvalue weighted by atomic mass is 10.1. The van der Waals surface area contributed by atoms with Gasteiger partial charge in [-0.1, -0.05) is 12.1 Å². The normalized spacial score (nSPS) is 13.9. The number of anilines is 1. The van der Waals surface area contributed by atoms with Gasteiger partial charge in [-0.25, -0.2) is 4.79 Å². The molecule has 25 heavy (non-hydrogen) atoms. The fourth-order valence-corrected chi connectivity index (χ4v) is 2.87. The summed E-state index contributed by atoms with van der Waals surface area (Å²) in [5.74, 6) is -0.443. The number of piperidine rings is 1. The molecule has 1 saturated heterocycles. The summed E-state index contributed by atoms with van der Waals surface area (Å²) in [5, 5.41) is 4.59. The molecule has 1 aromatic rings. The van der Waals surface area contributed by atoms with E-state index in [1.54, 1.807) is 4.90 Å². The van der Waals surface area contributed by atoms with Crippen LogP contribution in [0.15, 0.2) is 24.3 Å². The molecule has 0 aromatic heterocycles. The molecule has 1 heterocycles. The highest BCUT2D eigenvalue weighted by Gasteiger charge is 2.21. The maximum absolute atomic E-state index is 12.6. The summed E-state index contributed by atoms with van der Waals surface area (Å²) in [6.07, 6.45) is 3.20. The van der Waals surface area contributed by atoms with Gasteiger partial charge < -0.3 is 15.1 Å². The first kappa shape index (κ1) is 18.8. The minimum Gasteiger partial charge on any atom is -0.353 e. The molecule has 1 aromatic carbocycles. The SMILES string of the molecule is CNC(=O)NC(=O)CN(CC(=O)N1CCCCC1)c1cccc(C)c1. The summed E-state index contributed by atoms with van der Waals surface area (Å²) in [6.45, 7) is 3.55. The summed E-state index contributed by atoms with van der Waals surface area (Å²) in [4.78, 5) is 39.6. The highest BCUT2D eigenvalue weighted by Crippen LogP contribution is 2.17. The van der Waals surface area contributed by atoms with Crippen molar-refractivity contribution in [2.24, 2.45) is 0 Å². The Morgan fingerprint density at radius 3 is 2.48 bits per heavy atom. The quantitative estimate of drug-likeness (QED) is 0.841. The van der Waals surface area contributed by atoms with Crippen LogP contribution in [0.3, 0.4) is 0 Å². The van der Waals surface area contributed by atoms with Crippen LogP contribution in [-0.2, 0) is 9.59 Å². The number of likely N-dealkylation sites (tertiary alicyclic amines) is 1. The van der Waals surface area contributed by atoms with Gasteiger partial charge in [-0.05, 0) is 43.9 Å². The number of amides is 4. The number of carbonyl (C=O) groups is 3. The second-order valence-corrected chi connectivity index (χ2v) is 6.26. The molecule has 4 amide bonds. The van der Waals surface area contributed by atoms with Crippen molar-refractivity contribution < 1.29 is 14.4 Å². The number of hydrogen-bond acceptors (Lipinski definition) is 4. The number of hydrogen-bond donors (Lipinski definition) is 2. The number of nitrogens with zero attached hydrogens (tertiary/aromatic N) is 2.